The maximum Gasteiger partial charge on any atom is 0.242 e. The van der Waals surface area contributed by atoms with Crippen molar-refractivity contribution in [1.29, 1.82) is 0 Å². The Morgan fingerprint density at radius 1 is 0.925 bits per heavy atom. The zero-order chi connectivity index (χ0) is 27.3. The Morgan fingerprint density at radius 3 is 2.12 bits per heavy atom. The third-order valence-corrected chi connectivity index (χ3v) is 9.27. The first-order valence-electron chi connectivity index (χ1n) is 14.3. The van der Waals surface area contributed by atoms with E-state index in [-0.39, 0.29) is 12.0 Å². The quantitative estimate of drug-likeness (QED) is 0.297. The highest BCUT2D eigenvalue weighted by molar-refractivity contribution is 7.92. The summed E-state index contributed by atoms with van der Waals surface area (Å²) in [4.78, 5) is 2.79. The standard InChI is InChI=1S/C31H35N5O3S/c1-40(37,38)34-31-33-32-29-18-28(27(19-35(29)31)22-12-13-22)39-20-21-16-25-14-15-26(17-21)36(25)30(23-8-4-2-5-9-23)24-10-6-3-7-11-24/h2-11,18-19,21-22,25-26,30H,12-17,20H2,1H3,(H,33,34). The maximum absolute atomic E-state index is 11.8. The number of rotatable bonds is 9. The molecule has 1 N–H and O–H groups in total. The topological polar surface area (TPSA) is 88.8 Å². The Labute approximate surface area is 235 Å². The number of ether oxygens (including phenoxy) is 1. The lowest BCUT2D eigenvalue weighted by Gasteiger charge is -2.44. The van der Waals surface area contributed by atoms with Gasteiger partial charge in [-0.15, -0.1) is 10.2 Å². The largest absolute Gasteiger partial charge is 0.493 e. The van der Waals surface area contributed by atoms with E-state index < -0.39 is 10.0 Å². The number of fused-ring (bicyclic) bond motifs is 3. The van der Waals surface area contributed by atoms with E-state index >= 15 is 0 Å². The molecule has 3 fully saturated rings. The number of nitrogens with zero attached hydrogens (tertiary/aromatic N) is 4. The fraction of sp³-hybridized carbons (Fsp3) is 0.419. The molecule has 8 nitrogen and oxygen atoms in total. The molecule has 2 saturated heterocycles. The van der Waals surface area contributed by atoms with E-state index in [1.54, 1.807) is 4.40 Å². The Balaban J connectivity index is 1.10. The van der Waals surface area contributed by atoms with Crippen LogP contribution in [0.5, 0.6) is 5.75 Å². The van der Waals surface area contributed by atoms with Crippen molar-refractivity contribution in [3.8, 4) is 5.75 Å². The van der Waals surface area contributed by atoms with Crippen molar-refractivity contribution in [2.24, 2.45) is 5.92 Å². The summed E-state index contributed by atoms with van der Waals surface area (Å²) in [5.41, 5.74) is 4.41. The van der Waals surface area contributed by atoms with Crippen LogP contribution >= 0.6 is 0 Å². The molecule has 2 aromatic carbocycles. The minimum atomic E-state index is -3.45. The minimum absolute atomic E-state index is 0.210. The Morgan fingerprint density at radius 2 is 1.55 bits per heavy atom. The summed E-state index contributed by atoms with van der Waals surface area (Å²) < 4.78 is 34.3. The van der Waals surface area contributed by atoms with Crippen molar-refractivity contribution in [1.82, 2.24) is 19.5 Å². The number of piperidine rings is 1. The summed E-state index contributed by atoms with van der Waals surface area (Å²) in [6.45, 7) is 0.681. The van der Waals surface area contributed by atoms with Crippen LogP contribution in [0.2, 0.25) is 0 Å². The molecule has 2 atom stereocenters. The highest BCUT2D eigenvalue weighted by Crippen LogP contribution is 2.47. The SMILES string of the molecule is CS(=O)(=O)Nc1nnc2cc(OCC3CC4CCC(C3)N4C(c3ccccc3)c3ccccc3)c(C3CC3)cn12. The molecular weight excluding hydrogens is 522 g/mol. The van der Waals surface area contributed by atoms with Gasteiger partial charge < -0.3 is 4.74 Å². The molecule has 9 heteroatoms. The summed E-state index contributed by atoms with van der Waals surface area (Å²) in [7, 11) is -3.45. The second kappa shape index (κ2) is 10.2. The van der Waals surface area contributed by atoms with Crippen molar-refractivity contribution in [2.75, 3.05) is 17.6 Å². The first kappa shape index (κ1) is 25.5. The van der Waals surface area contributed by atoms with Gasteiger partial charge >= 0.3 is 0 Å². The van der Waals surface area contributed by atoms with Crippen molar-refractivity contribution in [2.45, 2.75) is 62.6 Å². The smallest absolute Gasteiger partial charge is 0.242 e. The molecule has 40 heavy (non-hydrogen) atoms. The lowest BCUT2D eigenvalue weighted by atomic mass is 9.87. The monoisotopic (exact) mass is 557 g/mol. The average molecular weight is 558 g/mol. The van der Waals surface area contributed by atoms with Gasteiger partial charge in [0.25, 0.3) is 0 Å². The van der Waals surface area contributed by atoms with Crippen LogP contribution in [-0.4, -0.2) is 52.9 Å². The van der Waals surface area contributed by atoms with E-state index in [0.29, 0.717) is 36.2 Å². The normalized spacial score (nSPS) is 23.1. The van der Waals surface area contributed by atoms with Crippen molar-refractivity contribution >= 4 is 21.6 Å². The molecule has 0 amide bonds. The molecule has 4 aromatic rings. The Hall–Kier alpha value is -3.43. The third-order valence-electron chi connectivity index (χ3n) is 8.72. The summed E-state index contributed by atoms with van der Waals surface area (Å²) >= 11 is 0. The predicted molar refractivity (Wildman–Crippen MR) is 155 cm³/mol. The lowest BCUT2D eigenvalue weighted by Crippen LogP contribution is -2.46. The van der Waals surface area contributed by atoms with Crippen molar-refractivity contribution in [3.05, 3.63) is 89.6 Å². The van der Waals surface area contributed by atoms with Crippen LogP contribution in [-0.2, 0) is 10.0 Å². The highest BCUT2D eigenvalue weighted by Gasteiger charge is 2.45. The van der Waals surface area contributed by atoms with E-state index in [9.17, 15) is 8.42 Å². The van der Waals surface area contributed by atoms with Gasteiger partial charge in [0.1, 0.15) is 5.75 Å². The zero-order valence-electron chi connectivity index (χ0n) is 22.7. The Kier molecular flexibility index (Phi) is 6.51. The molecule has 2 aromatic heterocycles. The molecule has 2 bridgehead atoms. The number of sulfonamides is 1. The van der Waals surface area contributed by atoms with Crippen LogP contribution in [0, 0.1) is 5.92 Å². The first-order valence-corrected chi connectivity index (χ1v) is 16.2. The van der Waals surface area contributed by atoms with E-state index in [2.05, 4.69) is 80.5 Å². The maximum atomic E-state index is 11.8. The van der Waals surface area contributed by atoms with Crippen LogP contribution < -0.4 is 9.46 Å². The molecule has 2 unspecified atom stereocenters. The van der Waals surface area contributed by atoms with Gasteiger partial charge in [-0.2, -0.15) is 0 Å². The van der Waals surface area contributed by atoms with E-state index in [1.807, 2.05) is 12.3 Å². The number of anilines is 1. The number of pyridine rings is 1. The zero-order valence-corrected chi connectivity index (χ0v) is 23.5. The van der Waals surface area contributed by atoms with Crippen LogP contribution in [0.25, 0.3) is 5.65 Å². The molecule has 4 heterocycles. The van der Waals surface area contributed by atoms with E-state index in [4.69, 9.17) is 4.74 Å². The Bertz CT molecular complexity index is 1550. The fourth-order valence-corrected chi connectivity index (χ4v) is 7.36. The van der Waals surface area contributed by atoms with Crippen LogP contribution in [0.1, 0.15) is 67.2 Å². The molecule has 2 aliphatic heterocycles. The second-order valence-corrected chi connectivity index (χ2v) is 13.4. The second-order valence-electron chi connectivity index (χ2n) is 11.7. The predicted octanol–water partition coefficient (Wildman–Crippen LogP) is 5.39. The van der Waals surface area contributed by atoms with Gasteiger partial charge in [-0.25, -0.2) is 8.42 Å². The van der Waals surface area contributed by atoms with E-state index in [0.717, 1.165) is 43.3 Å². The van der Waals surface area contributed by atoms with Crippen molar-refractivity contribution < 1.29 is 13.2 Å². The summed E-state index contributed by atoms with van der Waals surface area (Å²) in [6.07, 6.45) is 10.0. The number of nitrogens with one attached hydrogen (secondary N) is 1. The lowest BCUT2D eigenvalue weighted by molar-refractivity contribution is 0.0561. The molecule has 1 saturated carbocycles. The summed E-state index contributed by atoms with van der Waals surface area (Å²) in [5.74, 6) is 1.99. The van der Waals surface area contributed by atoms with Gasteiger partial charge in [0.15, 0.2) is 5.65 Å². The summed E-state index contributed by atoms with van der Waals surface area (Å²) in [5, 5.41) is 8.26. The average Bonchev–Trinajstić information content (AvgIpc) is 3.68. The summed E-state index contributed by atoms with van der Waals surface area (Å²) in [6, 6.07) is 25.1. The van der Waals surface area contributed by atoms with E-state index in [1.165, 1.54) is 24.0 Å². The first-order chi connectivity index (χ1) is 19.4. The van der Waals surface area contributed by atoms with Gasteiger partial charge in [-0.05, 0) is 61.5 Å². The molecule has 7 rings (SSSR count). The molecule has 3 aliphatic rings. The highest BCUT2D eigenvalue weighted by atomic mass is 32.2. The third kappa shape index (κ3) is 5.08. The van der Waals surface area contributed by atoms with Crippen LogP contribution in [0.4, 0.5) is 5.95 Å². The molecule has 1 aliphatic carbocycles. The van der Waals surface area contributed by atoms with Gasteiger partial charge in [0, 0.05) is 29.9 Å². The van der Waals surface area contributed by atoms with Gasteiger partial charge in [0.2, 0.25) is 16.0 Å². The fourth-order valence-electron chi connectivity index (χ4n) is 6.89. The molecule has 0 spiro atoms. The van der Waals surface area contributed by atoms with Crippen LogP contribution in [0.15, 0.2) is 72.9 Å². The number of aromatic nitrogens is 3. The molecule has 208 valence electrons. The minimum Gasteiger partial charge on any atom is -0.493 e. The van der Waals surface area contributed by atoms with Gasteiger partial charge in [-0.3, -0.25) is 14.0 Å². The number of hydrogen-bond acceptors (Lipinski definition) is 6. The van der Waals surface area contributed by atoms with Gasteiger partial charge in [-0.1, -0.05) is 60.7 Å². The number of hydrogen-bond donors (Lipinski definition) is 1. The van der Waals surface area contributed by atoms with Crippen LogP contribution in [0.3, 0.4) is 0 Å². The van der Waals surface area contributed by atoms with Crippen molar-refractivity contribution in [3.63, 3.8) is 0 Å². The molecule has 0 radical (unpaired) electrons. The number of benzene rings is 2. The van der Waals surface area contributed by atoms with Gasteiger partial charge in [0.05, 0.1) is 18.9 Å². The molecular formula is C31H35N5O3S.